The number of carbonyl (C=O) groups is 1. The minimum atomic E-state index is 0. The van der Waals surface area contributed by atoms with Gasteiger partial charge < -0.3 is 14.7 Å². The number of aryl methyl sites for hydroxylation is 1. The van der Waals surface area contributed by atoms with Crippen LogP contribution < -0.4 is 5.32 Å². The second-order valence-electron chi connectivity index (χ2n) is 4.57. The first kappa shape index (κ1) is 15.0. The van der Waals surface area contributed by atoms with Gasteiger partial charge in [0.2, 0.25) is 5.91 Å². The van der Waals surface area contributed by atoms with Crippen LogP contribution in [0.5, 0.6) is 0 Å². The summed E-state index contributed by atoms with van der Waals surface area (Å²) in [6.07, 6.45) is 2.55. The second-order valence-corrected chi connectivity index (χ2v) is 4.57. The molecule has 1 aromatic heterocycles. The number of carbonyl (C=O) groups excluding carboxylic acids is 1. The van der Waals surface area contributed by atoms with Gasteiger partial charge in [-0.15, -0.1) is 12.4 Å². The molecule has 1 aromatic rings. The summed E-state index contributed by atoms with van der Waals surface area (Å²) in [6, 6.07) is 2.24. The highest BCUT2D eigenvalue weighted by Gasteiger charge is 2.23. The summed E-state index contributed by atoms with van der Waals surface area (Å²) >= 11 is 0. The van der Waals surface area contributed by atoms with E-state index in [4.69, 9.17) is 4.52 Å². The van der Waals surface area contributed by atoms with Gasteiger partial charge in [0.05, 0.1) is 12.1 Å². The van der Waals surface area contributed by atoms with Crippen molar-refractivity contribution in [1.82, 2.24) is 15.4 Å². The average Bonchev–Trinajstić information content (AvgIpc) is 2.75. The molecule has 2 rings (SSSR count). The Morgan fingerprint density at radius 1 is 1.67 bits per heavy atom. The summed E-state index contributed by atoms with van der Waals surface area (Å²) in [5.74, 6) is 0.887. The molecule has 1 fully saturated rings. The molecular formula is C12H20ClN3O2. The first-order chi connectivity index (χ1) is 8.19. The first-order valence-corrected chi connectivity index (χ1v) is 6.06. The van der Waals surface area contributed by atoms with Gasteiger partial charge in [0.1, 0.15) is 5.76 Å². The van der Waals surface area contributed by atoms with E-state index >= 15 is 0 Å². The number of hydrogen-bond acceptors (Lipinski definition) is 4. The van der Waals surface area contributed by atoms with Gasteiger partial charge >= 0.3 is 0 Å². The summed E-state index contributed by atoms with van der Waals surface area (Å²) < 4.78 is 4.96. The van der Waals surface area contributed by atoms with Crippen molar-refractivity contribution in [1.29, 1.82) is 0 Å². The van der Waals surface area contributed by atoms with Crippen molar-refractivity contribution in [3.63, 3.8) is 0 Å². The largest absolute Gasteiger partial charge is 0.361 e. The number of nitrogens with zero attached hydrogens (tertiary/aromatic N) is 2. The van der Waals surface area contributed by atoms with Gasteiger partial charge in [-0.2, -0.15) is 0 Å². The van der Waals surface area contributed by atoms with Crippen LogP contribution in [0.4, 0.5) is 0 Å². The smallest absolute Gasteiger partial charge is 0.228 e. The molecule has 18 heavy (non-hydrogen) atoms. The molecule has 0 radical (unpaired) electrons. The Balaban J connectivity index is 0.00000162. The van der Waals surface area contributed by atoms with Gasteiger partial charge in [-0.1, -0.05) is 5.16 Å². The molecule has 1 aliphatic rings. The van der Waals surface area contributed by atoms with Crippen LogP contribution in [0.15, 0.2) is 10.6 Å². The third-order valence-corrected chi connectivity index (χ3v) is 3.19. The highest BCUT2D eigenvalue weighted by molar-refractivity contribution is 5.85. The maximum Gasteiger partial charge on any atom is 0.228 e. The lowest BCUT2D eigenvalue weighted by atomic mass is 10.1. The van der Waals surface area contributed by atoms with Crippen LogP contribution in [0.1, 0.15) is 24.3 Å². The molecular weight excluding hydrogens is 254 g/mol. The molecule has 1 aliphatic heterocycles. The zero-order chi connectivity index (χ0) is 12.3. The molecule has 0 saturated carbocycles. The molecule has 0 aliphatic carbocycles. The Bertz CT molecular complexity index is 394. The standard InChI is InChI=1S/C12H19N3O2.ClH/c1-9-6-11(14-17-9)7-12(16)15-5-3-4-10(8-15)13-2;/h6,10,13H,3-5,7-8H2,1-2H3;1H. The fourth-order valence-corrected chi connectivity index (χ4v) is 2.21. The number of piperidine rings is 1. The van der Waals surface area contributed by atoms with Crippen molar-refractivity contribution in [3.05, 3.63) is 17.5 Å². The summed E-state index contributed by atoms with van der Waals surface area (Å²) in [4.78, 5) is 14.0. The highest BCUT2D eigenvalue weighted by Crippen LogP contribution is 2.12. The number of likely N-dealkylation sites (N-methyl/N-ethyl adjacent to an activating group) is 1. The Morgan fingerprint density at radius 3 is 3.06 bits per heavy atom. The summed E-state index contributed by atoms with van der Waals surface area (Å²) in [5.41, 5.74) is 0.721. The lowest BCUT2D eigenvalue weighted by Gasteiger charge is -2.32. The topological polar surface area (TPSA) is 58.4 Å². The Kier molecular flexibility index (Phi) is 5.62. The number of nitrogens with one attached hydrogen (secondary N) is 1. The quantitative estimate of drug-likeness (QED) is 0.898. The molecule has 0 bridgehead atoms. The van der Waals surface area contributed by atoms with E-state index in [0.717, 1.165) is 37.4 Å². The van der Waals surface area contributed by atoms with Crippen LogP contribution in [0, 0.1) is 6.92 Å². The molecule has 0 spiro atoms. The minimum absolute atomic E-state index is 0. The van der Waals surface area contributed by atoms with Crippen LogP contribution in [-0.4, -0.2) is 42.1 Å². The number of aromatic nitrogens is 1. The first-order valence-electron chi connectivity index (χ1n) is 6.06. The second kappa shape index (κ2) is 6.75. The minimum Gasteiger partial charge on any atom is -0.361 e. The van der Waals surface area contributed by atoms with Crippen LogP contribution >= 0.6 is 12.4 Å². The maximum atomic E-state index is 12.1. The number of halogens is 1. The van der Waals surface area contributed by atoms with E-state index < -0.39 is 0 Å². The van der Waals surface area contributed by atoms with Crippen molar-refractivity contribution in [2.24, 2.45) is 0 Å². The van der Waals surface area contributed by atoms with Gasteiger partial charge in [0.15, 0.2) is 0 Å². The third kappa shape index (κ3) is 3.71. The van der Waals surface area contributed by atoms with Crippen LogP contribution in [0.25, 0.3) is 0 Å². The molecule has 102 valence electrons. The molecule has 0 aromatic carbocycles. The Morgan fingerprint density at radius 2 is 2.44 bits per heavy atom. The average molecular weight is 274 g/mol. The van der Waals surface area contributed by atoms with E-state index in [9.17, 15) is 4.79 Å². The number of amides is 1. The van der Waals surface area contributed by atoms with E-state index in [0.29, 0.717) is 12.5 Å². The predicted octanol–water partition coefficient (Wildman–Crippen LogP) is 1.16. The highest BCUT2D eigenvalue weighted by atomic mass is 35.5. The summed E-state index contributed by atoms with van der Waals surface area (Å²) in [6.45, 7) is 3.49. The predicted molar refractivity (Wildman–Crippen MR) is 70.9 cm³/mol. The summed E-state index contributed by atoms with van der Waals surface area (Å²) in [7, 11) is 1.94. The van der Waals surface area contributed by atoms with Gasteiger partial charge in [-0.25, -0.2) is 0 Å². The zero-order valence-electron chi connectivity index (χ0n) is 10.8. The molecule has 1 unspecified atom stereocenters. The van der Waals surface area contributed by atoms with E-state index in [1.165, 1.54) is 0 Å². The monoisotopic (exact) mass is 273 g/mol. The molecule has 1 N–H and O–H groups in total. The van der Waals surface area contributed by atoms with Crippen molar-refractivity contribution in [3.8, 4) is 0 Å². The van der Waals surface area contributed by atoms with Crippen LogP contribution in [0.3, 0.4) is 0 Å². The molecule has 2 heterocycles. The van der Waals surface area contributed by atoms with E-state index in [-0.39, 0.29) is 18.3 Å². The Labute approximate surface area is 113 Å². The van der Waals surface area contributed by atoms with Crippen molar-refractivity contribution < 1.29 is 9.32 Å². The van der Waals surface area contributed by atoms with E-state index in [1.807, 2.05) is 24.9 Å². The number of likely N-dealkylation sites (tertiary alicyclic amines) is 1. The maximum absolute atomic E-state index is 12.1. The van der Waals surface area contributed by atoms with Gasteiger partial charge in [0, 0.05) is 25.2 Å². The summed E-state index contributed by atoms with van der Waals surface area (Å²) in [5, 5.41) is 7.08. The fourth-order valence-electron chi connectivity index (χ4n) is 2.21. The third-order valence-electron chi connectivity index (χ3n) is 3.19. The number of rotatable bonds is 3. The molecule has 1 atom stereocenters. The van der Waals surface area contributed by atoms with Gasteiger partial charge in [-0.05, 0) is 26.8 Å². The van der Waals surface area contributed by atoms with Crippen molar-refractivity contribution >= 4 is 18.3 Å². The number of hydrogen-bond donors (Lipinski definition) is 1. The molecule has 1 amide bonds. The van der Waals surface area contributed by atoms with Crippen LogP contribution in [0.2, 0.25) is 0 Å². The zero-order valence-corrected chi connectivity index (χ0v) is 11.6. The van der Waals surface area contributed by atoms with Crippen LogP contribution in [-0.2, 0) is 11.2 Å². The Hall–Kier alpha value is -1.07. The van der Waals surface area contributed by atoms with E-state index in [1.54, 1.807) is 0 Å². The molecule has 6 heteroatoms. The lowest BCUT2D eigenvalue weighted by molar-refractivity contribution is -0.131. The normalized spacial score (nSPS) is 19.4. The van der Waals surface area contributed by atoms with Gasteiger partial charge in [0.25, 0.3) is 0 Å². The van der Waals surface area contributed by atoms with E-state index in [2.05, 4.69) is 10.5 Å². The van der Waals surface area contributed by atoms with Crippen molar-refractivity contribution in [2.45, 2.75) is 32.2 Å². The van der Waals surface area contributed by atoms with Crippen molar-refractivity contribution in [2.75, 3.05) is 20.1 Å². The molecule has 5 nitrogen and oxygen atoms in total. The fraction of sp³-hybridized carbons (Fsp3) is 0.667. The lowest BCUT2D eigenvalue weighted by Crippen LogP contribution is -2.47. The SMILES string of the molecule is CNC1CCCN(C(=O)Cc2cc(C)on2)C1.Cl. The molecule has 1 saturated heterocycles. The van der Waals surface area contributed by atoms with Gasteiger partial charge in [-0.3, -0.25) is 4.79 Å².